The van der Waals surface area contributed by atoms with E-state index >= 15 is 0 Å². The molecule has 0 amide bonds. The number of nitrogens with zero attached hydrogens (tertiary/aromatic N) is 3. The number of nitrogens with one attached hydrogen (secondary N) is 2. The van der Waals surface area contributed by atoms with Gasteiger partial charge in [-0.1, -0.05) is 17.7 Å². The van der Waals surface area contributed by atoms with E-state index in [4.69, 9.17) is 11.6 Å². The zero-order chi connectivity index (χ0) is 19.8. The maximum Gasteiger partial charge on any atom is 0.387 e. The topological polar surface area (TPSA) is 61.8 Å². The molecular formula is C18H22ClF2N5O. The number of guanidine groups is 1. The fraction of sp³-hybridized carbons (Fsp3) is 0.333. The second kappa shape index (κ2) is 9.91. The van der Waals surface area contributed by atoms with Crippen molar-refractivity contribution >= 4 is 23.4 Å². The van der Waals surface area contributed by atoms with E-state index < -0.39 is 6.61 Å². The minimum absolute atomic E-state index is 0.0690. The first-order valence-corrected chi connectivity index (χ1v) is 8.57. The summed E-state index contributed by atoms with van der Waals surface area (Å²) in [5.41, 5.74) is 1.50. The number of anilines is 1. The van der Waals surface area contributed by atoms with Gasteiger partial charge in [0.25, 0.3) is 0 Å². The van der Waals surface area contributed by atoms with E-state index in [1.807, 2.05) is 31.1 Å². The second-order valence-corrected chi connectivity index (χ2v) is 6.23. The van der Waals surface area contributed by atoms with Gasteiger partial charge in [0, 0.05) is 56.6 Å². The molecule has 1 aromatic heterocycles. The number of aliphatic imine (C=N–C) groups is 1. The molecule has 6 nitrogen and oxygen atoms in total. The van der Waals surface area contributed by atoms with Gasteiger partial charge in [-0.05, 0) is 24.3 Å². The third kappa shape index (κ3) is 6.25. The lowest BCUT2D eigenvalue weighted by molar-refractivity contribution is -0.0504. The summed E-state index contributed by atoms with van der Waals surface area (Å²) in [4.78, 5) is 10.4. The van der Waals surface area contributed by atoms with Gasteiger partial charge in [-0.25, -0.2) is 4.98 Å². The summed E-state index contributed by atoms with van der Waals surface area (Å²) in [6.07, 6.45) is 1.73. The molecule has 0 bridgehead atoms. The molecule has 0 fully saturated rings. The summed E-state index contributed by atoms with van der Waals surface area (Å²) in [7, 11) is 5.46. The molecule has 1 heterocycles. The Labute approximate surface area is 162 Å². The van der Waals surface area contributed by atoms with Gasteiger partial charge in [-0.2, -0.15) is 8.78 Å². The molecule has 9 heteroatoms. The normalized spacial score (nSPS) is 11.4. The Bertz CT molecular complexity index is 786. The number of hydrogen-bond donors (Lipinski definition) is 2. The van der Waals surface area contributed by atoms with Gasteiger partial charge >= 0.3 is 6.61 Å². The van der Waals surface area contributed by atoms with Crippen molar-refractivity contribution in [3.63, 3.8) is 0 Å². The molecule has 2 aromatic rings. The van der Waals surface area contributed by atoms with Crippen LogP contribution >= 0.6 is 11.6 Å². The number of pyridine rings is 1. The van der Waals surface area contributed by atoms with Crippen molar-refractivity contribution in [1.29, 1.82) is 0 Å². The van der Waals surface area contributed by atoms with Gasteiger partial charge in [0.05, 0.1) is 0 Å². The van der Waals surface area contributed by atoms with E-state index in [2.05, 4.69) is 25.3 Å². The van der Waals surface area contributed by atoms with Gasteiger partial charge in [0.1, 0.15) is 11.6 Å². The van der Waals surface area contributed by atoms with Gasteiger partial charge < -0.3 is 20.3 Å². The molecule has 0 atom stereocenters. The molecule has 0 aliphatic rings. The third-order valence-corrected chi connectivity index (χ3v) is 3.88. The number of halogens is 3. The van der Waals surface area contributed by atoms with Crippen LogP contribution in [0.3, 0.4) is 0 Å². The van der Waals surface area contributed by atoms with Crippen LogP contribution in [0.25, 0.3) is 0 Å². The van der Waals surface area contributed by atoms with Gasteiger partial charge in [0.15, 0.2) is 5.96 Å². The Kier molecular flexibility index (Phi) is 7.60. The molecular weight excluding hydrogens is 376 g/mol. The molecule has 1 aromatic carbocycles. The van der Waals surface area contributed by atoms with Crippen molar-refractivity contribution < 1.29 is 13.5 Å². The highest BCUT2D eigenvalue weighted by Crippen LogP contribution is 2.24. The maximum absolute atomic E-state index is 12.6. The van der Waals surface area contributed by atoms with Crippen LogP contribution in [0, 0.1) is 0 Å². The number of ether oxygens (including phenoxy) is 1. The number of alkyl halides is 2. The summed E-state index contributed by atoms with van der Waals surface area (Å²) in [6, 6.07) is 8.32. The molecule has 0 spiro atoms. The Morgan fingerprint density at radius 3 is 2.56 bits per heavy atom. The molecule has 0 unspecified atom stereocenters. The number of rotatable bonds is 7. The Morgan fingerprint density at radius 1 is 1.22 bits per heavy atom. The minimum atomic E-state index is -2.91. The molecule has 0 saturated heterocycles. The van der Waals surface area contributed by atoms with Crippen LogP contribution in [0.1, 0.15) is 11.1 Å². The van der Waals surface area contributed by atoms with Crippen molar-refractivity contribution in [2.75, 3.05) is 26.0 Å². The van der Waals surface area contributed by atoms with E-state index in [0.29, 0.717) is 23.1 Å². The van der Waals surface area contributed by atoms with Crippen LogP contribution in [0.5, 0.6) is 5.75 Å². The maximum atomic E-state index is 12.6. The zero-order valence-electron chi connectivity index (χ0n) is 15.3. The minimum Gasteiger partial charge on any atom is -0.434 e. The average Bonchev–Trinajstić information content (AvgIpc) is 2.63. The highest BCUT2D eigenvalue weighted by Gasteiger charge is 2.11. The van der Waals surface area contributed by atoms with E-state index in [9.17, 15) is 8.78 Å². The molecule has 0 aliphatic carbocycles. The smallest absolute Gasteiger partial charge is 0.387 e. The highest BCUT2D eigenvalue weighted by molar-refractivity contribution is 6.30. The largest absolute Gasteiger partial charge is 0.434 e. The van der Waals surface area contributed by atoms with E-state index in [1.54, 1.807) is 19.3 Å². The summed E-state index contributed by atoms with van der Waals surface area (Å²) in [6.45, 7) is -2.19. The molecule has 0 aliphatic heterocycles. The van der Waals surface area contributed by atoms with Crippen molar-refractivity contribution in [2.24, 2.45) is 4.99 Å². The lowest BCUT2D eigenvalue weighted by Gasteiger charge is -2.18. The van der Waals surface area contributed by atoms with Gasteiger partial charge in [0.2, 0.25) is 0 Å². The van der Waals surface area contributed by atoms with Gasteiger partial charge in [-0.3, -0.25) is 4.99 Å². The standard InChI is InChI=1S/C18H22ClF2N5O/c1-22-18(24-10-12-5-4-8-23-16(12)26(2)3)25-11-13-9-14(19)6-7-15(13)27-17(20)21/h4-9,17H,10-11H2,1-3H3,(H2,22,24,25). The van der Waals surface area contributed by atoms with Crippen LogP contribution < -0.4 is 20.3 Å². The Balaban J connectivity index is 2.02. The van der Waals surface area contributed by atoms with Crippen LogP contribution in [-0.4, -0.2) is 38.7 Å². The number of benzene rings is 1. The van der Waals surface area contributed by atoms with Crippen molar-refractivity contribution in [3.8, 4) is 5.75 Å². The average molecular weight is 398 g/mol. The second-order valence-electron chi connectivity index (χ2n) is 5.79. The van der Waals surface area contributed by atoms with E-state index in [1.165, 1.54) is 12.1 Å². The van der Waals surface area contributed by atoms with Crippen LogP contribution in [0.2, 0.25) is 5.02 Å². The van der Waals surface area contributed by atoms with Crippen molar-refractivity contribution in [3.05, 3.63) is 52.7 Å². The monoisotopic (exact) mass is 397 g/mol. The molecule has 27 heavy (non-hydrogen) atoms. The molecule has 2 rings (SSSR count). The lowest BCUT2D eigenvalue weighted by Crippen LogP contribution is -2.36. The van der Waals surface area contributed by atoms with Crippen molar-refractivity contribution in [2.45, 2.75) is 19.7 Å². The SMILES string of the molecule is CN=C(NCc1cc(Cl)ccc1OC(F)F)NCc1cccnc1N(C)C. The fourth-order valence-corrected chi connectivity index (χ4v) is 2.64. The van der Waals surface area contributed by atoms with Gasteiger partial charge in [-0.15, -0.1) is 0 Å². The van der Waals surface area contributed by atoms with E-state index in [-0.39, 0.29) is 12.3 Å². The lowest BCUT2D eigenvalue weighted by atomic mass is 10.2. The first-order chi connectivity index (χ1) is 12.9. The zero-order valence-corrected chi connectivity index (χ0v) is 16.1. The molecule has 146 valence electrons. The predicted octanol–water partition coefficient (Wildman–Crippen LogP) is 3.27. The molecule has 0 saturated carbocycles. The first kappa shape index (κ1) is 20.7. The summed E-state index contributed by atoms with van der Waals surface area (Å²) in [5, 5.41) is 6.68. The summed E-state index contributed by atoms with van der Waals surface area (Å²) < 4.78 is 29.6. The molecule has 0 radical (unpaired) electrons. The quantitative estimate of drug-likeness (QED) is 0.554. The van der Waals surface area contributed by atoms with Crippen LogP contribution in [0.15, 0.2) is 41.5 Å². The molecule has 2 N–H and O–H groups in total. The summed E-state index contributed by atoms with van der Waals surface area (Å²) in [5.74, 6) is 1.42. The summed E-state index contributed by atoms with van der Waals surface area (Å²) >= 11 is 5.96. The Morgan fingerprint density at radius 2 is 1.93 bits per heavy atom. The number of aromatic nitrogens is 1. The Hall–Kier alpha value is -2.61. The van der Waals surface area contributed by atoms with Crippen LogP contribution in [-0.2, 0) is 13.1 Å². The fourth-order valence-electron chi connectivity index (χ4n) is 2.45. The van der Waals surface area contributed by atoms with Crippen LogP contribution in [0.4, 0.5) is 14.6 Å². The predicted molar refractivity (Wildman–Crippen MR) is 104 cm³/mol. The third-order valence-electron chi connectivity index (χ3n) is 3.65. The number of hydrogen-bond acceptors (Lipinski definition) is 4. The van der Waals surface area contributed by atoms with E-state index in [0.717, 1.165) is 11.4 Å². The first-order valence-electron chi connectivity index (χ1n) is 8.19. The highest BCUT2D eigenvalue weighted by atomic mass is 35.5. The van der Waals surface area contributed by atoms with Crippen molar-refractivity contribution in [1.82, 2.24) is 15.6 Å².